The molecule has 1 aromatic heterocycles. The van der Waals surface area contributed by atoms with Gasteiger partial charge in [-0.25, -0.2) is 0 Å². The summed E-state index contributed by atoms with van der Waals surface area (Å²) in [6.07, 6.45) is 1.27. The summed E-state index contributed by atoms with van der Waals surface area (Å²) in [4.78, 5) is 27.2. The summed E-state index contributed by atoms with van der Waals surface area (Å²) < 4.78 is 5.42. The summed E-state index contributed by atoms with van der Waals surface area (Å²) in [6, 6.07) is 15.0. The van der Waals surface area contributed by atoms with Crippen LogP contribution in [0.2, 0.25) is 0 Å². The highest BCUT2D eigenvalue weighted by molar-refractivity contribution is 6.04. The highest BCUT2D eigenvalue weighted by atomic mass is 16.5. The Hall–Kier alpha value is -3.35. The van der Waals surface area contributed by atoms with Crippen LogP contribution in [0.3, 0.4) is 0 Å². The topological polar surface area (TPSA) is 87.3 Å². The van der Waals surface area contributed by atoms with E-state index in [0.29, 0.717) is 38.2 Å². The maximum Gasteiger partial charge on any atom is 0.274 e. The molecule has 0 unspecified atom stereocenters. The predicted octanol–water partition coefficient (Wildman–Crippen LogP) is 3.45. The maximum atomic E-state index is 12.9. The van der Waals surface area contributed by atoms with E-state index in [9.17, 15) is 9.59 Å². The summed E-state index contributed by atoms with van der Waals surface area (Å²) in [5.41, 5.74) is 2.04. The van der Waals surface area contributed by atoms with Crippen molar-refractivity contribution in [2.75, 3.05) is 25.0 Å². The molecule has 2 heterocycles. The molecule has 1 saturated heterocycles. The fraction of sp³-hybridized carbons (Fsp3) is 0.318. The van der Waals surface area contributed by atoms with Gasteiger partial charge in [0.1, 0.15) is 5.75 Å². The number of para-hydroxylation sites is 1. The number of carbonyl (C=O) groups is 2. The first-order chi connectivity index (χ1) is 14.2. The Balaban J connectivity index is 1.34. The SMILES string of the molecule is CCOc1ccc(NC(=O)C2CCN(C(=O)c3n[nH]c4ccccc34)CC2)cc1. The molecule has 0 radical (unpaired) electrons. The number of fused-ring (bicyclic) bond motifs is 1. The zero-order chi connectivity index (χ0) is 20.2. The Kier molecular flexibility index (Phi) is 5.46. The first kappa shape index (κ1) is 19.0. The number of amides is 2. The van der Waals surface area contributed by atoms with Crippen LogP contribution in [0.5, 0.6) is 5.75 Å². The second-order valence-corrected chi connectivity index (χ2v) is 7.13. The molecule has 1 aliphatic rings. The number of hydrogen-bond donors (Lipinski definition) is 2. The Morgan fingerprint density at radius 2 is 1.86 bits per heavy atom. The van der Waals surface area contributed by atoms with Gasteiger partial charge in [0.05, 0.1) is 12.1 Å². The molecular weight excluding hydrogens is 368 g/mol. The number of anilines is 1. The molecule has 2 aromatic carbocycles. The number of benzene rings is 2. The molecule has 7 heteroatoms. The van der Waals surface area contributed by atoms with Gasteiger partial charge in [0.15, 0.2) is 5.69 Å². The fourth-order valence-corrected chi connectivity index (χ4v) is 3.67. The minimum absolute atomic E-state index is 0.00789. The van der Waals surface area contributed by atoms with Crippen LogP contribution in [0, 0.1) is 5.92 Å². The lowest BCUT2D eigenvalue weighted by Gasteiger charge is -2.31. The van der Waals surface area contributed by atoms with Crippen LogP contribution in [-0.4, -0.2) is 46.6 Å². The van der Waals surface area contributed by atoms with Gasteiger partial charge in [-0.2, -0.15) is 5.10 Å². The van der Waals surface area contributed by atoms with Gasteiger partial charge in [-0.3, -0.25) is 14.7 Å². The first-order valence-corrected chi connectivity index (χ1v) is 9.92. The number of ether oxygens (including phenoxy) is 1. The predicted molar refractivity (Wildman–Crippen MR) is 111 cm³/mol. The average molecular weight is 392 g/mol. The minimum atomic E-state index is -0.110. The van der Waals surface area contributed by atoms with Crippen LogP contribution >= 0.6 is 0 Å². The number of carbonyl (C=O) groups excluding carboxylic acids is 2. The molecule has 3 aromatic rings. The summed E-state index contributed by atoms with van der Waals surface area (Å²) >= 11 is 0. The number of nitrogens with one attached hydrogen (secondary N) is 2. The van der Waals surface area contributed by atoms with Crippen LogP contribution < -0.4 is 10.1 Å². The number of hydrogen-bond acceptors (Lipinski definition) is 4. The molecule has 7 nitrogen and oxygen atoms in total. The zero-order valence-corrected chi connectivity index (χ0v) is 16.4. The molecule has 1 fully saturated rings. The Morgan fingerprint density at radius 1 is 1.14 bits per heavy atom. The number of aromatic amines is 1. The van der Waals surface area contributed by atoms with E-state index >= 15 is 0 Å². The zero-order valence-electron chi connectivity index (χ0n) is 16.4. The highest BCUT2D eigenvalue weighted by Crippen LogP contribution is 2.23. The average Bonchev–Trinajstić information content (AvgIpc) is 3.19. The molecule has 0 aliphatic carbocycles. The lowest BCUT2D eigenvalue weighted by molar-refractivity contribution is -0.121. The third kappa shape index (κ3) is 4.08. The molecule has 2 amide bonds. The van der Waals surface area contributed by atoms with Crippen molar-refractivity contribution in [3.63, 3.8) is 0 Å². The number of H-pyrrole nitrogens is 1. The summed E-state index contributed by atoms with van der Waals surface area (Å²) in [5, 5.41) is 10.9. The van der Waals surface area contributed by atoms with Gasteiger partial charge in [-0.15, -0.1) is 0 Å². The van der Waals surface area contributed by atoms with Crippen molar-refractivity contribution in [1.82, 2.24) is 15.1 Å². The van der Waals surface area contributed by atoms with Gasteiger partial charge in [0.2, 0.25) is 5.91 Å². The van der Waals surface area contributed by atoms with E-state index in [1.165, 1.54) is 0 Å². The van der Waals surface area contributed by atoms with Gasteiger partial charge < -0.3 is 15.0 Å². The smallest absolute Gasteiger partial charge is 0.274 e. The molecular formula is C22H24N4O3. The summed E-state index contributed by atoms with van der Waals surface area (Å²) in [7, 11) is 0. The normalized spacial score (nSPS) is 14.7. The van der Waals surface area contributed by atoms with Crippen LogP contribution in [0.4, 0.5) is 5.69 Å². The molecule has 0 bridgehead atoms. The van der Waals surface area contributed by atoms with E-state index < -0.39 is 0 Å². The van der Waals surface area contributed by atoms with Crippen molar-refractivity contribution in [2.24, 2.45) is 5.92 Å². The number of likely N-dealkylation sites (tertiary alicyclic amines) is 1. The van der Waals surface area contributed by atoms with Gasteiger partial charge >= 0.3 is 0 Å². The second-order valence-electron chi connectivity index (χ2n) is 7.13. The second kappa shape index (κ2) is 8.34. The molecule has 0 atom stereocenters. The molecule has 0 saturated carbocycles. The fourth-order valence-electron chi connectivity index (χ4n) is 3.67. The Morgan fingerprint density at radius 3 is 2.59 bits per heavy atom. The quantitative estimate of drug-likeness (QED) is 0.696. The molecule has 150 valence electrons. The first-order valence-electron chi connectivity index (χ1n) is 9.92. The standard InChI is InChI=1S/C22H24N4O3/c1-2-29-17-9-7-16(8-10-17)23-21(27)15-11-13-26(14-12-15)22(28)20-18-5-3-4-6-19(18)24-25-20/h3-10,15H,2,11-14H2,1H3,(H,23,27)(H,24,25). The molecule has 4 rings (SSSR count). The number of nitrogens with zero attached hydrogens (tertiary/aromatic N) is 2. The van der Waals surface area contributed by atoms with Crippen LogP contribution in [0.15, 0.2) is 48.5 Å². The highest BCUT2D eigenvalue weighted by Gasteiger charge is 2.29. The van der Waals surface area contributed by atoms with Crippen molar-refractivity contribution in [3.05, 3.63) is 54.2 Å². The van der Waals surface area contributed by atoms with Gasteiger partial charge in [-0.1, -0.05) is 18.2 Å². The van der Waals surface area contributed by atoms with Crippen molar-refractivity contribution < 1.29 is 14.3 Å². The molecule has 1 aliphatic heterocycles. The van der Waals surface area contributed by atoms with Crippen molar-refractivity contribution in [3.8, 4) is 5.75 Å². The van der Waals surface area contributed by atoms with E-state index in [1.807, 2.05) is 55.5 Å². The van der Waals surface area contributed by atoms with Gasteiger partial charge in [-0.05, 0) is 50.1 Å². The largest absolute Gasteiger partial charge is 0.494 e. The number of piperidine rings is 1. The Bertz CT molecular complexity index is 1000. The summed E-state index contributed by atoms with van der Waals surface area (Å²) in [6.45, 7) is 3.63. The van der Waals surface area contributed by atoms with Crippen molar-refractivity contribution in [2.45, 2.75) is 19.8 Å². The van der Waals surface area contributed by atoms with E-state index in [1.54, 1.807) is 4.90 Å². The van der Waals surface area contributed by atoms with Crippen molar-refractivity contribution >= 4 is 28.4 Å². The van der Waals surface area contributed by atoms with Gasteiger partial charge in [0, 0.05) is 30.1 Å². The van der Waals surface area contributed by atoms with E-state index in [4.69, 9.17) is 4.74 Å². The lowest BCUT2D eigenvalue weighted by Crippen LogP contribution is -2.41. The molecule has 29 heavy (non-hydrogen) atoms. The van der Waals surface area contributed by atoms with Crippen LogP contribution in [0.25, 0.3) is 10.9 Å². The molecule has 2 N–H and O–H groups in total. The monoisotopic (exact) mass is 392 g/mol. The van der Waals surface area contributed by atoms with Crippen LogP contribution in [-0.2, 0) is 4.79 Å². The Labute approximate surface area is 169 Å². The number of aromatic nitrogens is 2. The molecule has 0 spiro atoms. The van der Waals surface area contributed by atoms with Crippen LogP contribution in [0.1, 0.15) is 30.3 Å². The third-order valence-electron chi connectivity index (χ3n) is 5.26. The maximum absolute atomic E-state index is 12.9. The van der Waals surface area contributed by atoms with Gasteiger partial charge in [0.25, 0.3) is 5.91 Å². The minimum Gasteiger partial charge on any atom is -0.494 e. The number of rotatable bonds is 5. The third-order valence-corrected chi connectivity index (χ3v) is 5.26. The van der Waals surface area contributed by atoms with E-state index in [2.05, 4.69) is 15.5 Å². The van der Waals surface area contributed by atoms with Crippen molar-refractivity contribution in [1.29, 1.82) is 0 Å². The summed E-state index contributed by atoms with van der Waals surface area (Å²) in [5.74, 6) is 0.573. The van der Waals surface area contributed by atoms with E-state index in [-0.39, 0.29) is 17.7 Å². The lowest BCUT2D eigenvalue weighted by atomic mass is 9.95. The van der Waals surface area contributed by atoms with E-state index in [0.717, 1.165) is 22.3 Å².